The Morgan fingerprint density at radius 2 is 1.75 bits per heavy atom. The smallest absolute Gasteiger partial charge is 0.300 e. The van der Waals surface area contributed by atoms with Crippen molar-refractivity contribution in [1.82, 2.24) is 4.72 Å². The first-order chi connectivity index (χ1) is 11.4. The van der Waals surface area contributed by atoms with Crippen LogP contribution in [0, 0.1) is 0 Å². The van der Waals surface area contributed by atoms with Gasteiger partial charge in [-0.1, -0.05) is 44.2 Å². The molecule has 0 unspecified atom stereocenters. The van der Waals surface area contributed by atoms with Crippen LogP contribution in [0.5, 0.6) is 0 Å². The molecular weight excluding hydrogens is 326 g/mol. The molecule has 6 heteroatoms. The van der Waals surface area contributed by atoms with Crippen molar-refractivity contribution in [3.05, 3.63) is 65.9 Å². The summed E-state index contributed by atoms with van der Waals surface area (Å²) in [5, 5.41) is 0.752. The van der Waals surface area contributed by atoms with Gasteiger partial charge >= 0.3 is 5.91 Å². The van der Waals surface area contributed by atoms with Crippen LogP contribution in [0.25, 0.3) is 11.0 Å². The molecular formula is C18H17NO4S. The van der Waals surface area contributed by atoms with Crippen molar-refractivity contribution in [2.24, 2.45) is 0 Å². The van der Waals surface area contributed by atoms with Crippen LogP contribution in [0.1, 0.15) is 35.9 Å². The summed E-state index contributed by atoms with van der Waals surface area (Å²) in [7, 11) is -3.93. The Morgan fingerprint density at radius 1 is 1.04 bits per heavy atom. The minimum atomic E-state index is -3.93. The number of rotatable bonds is 4. The molecule has 0 aliphatic carbocycles. The molecule has 0 aliphatic heterocycles. The summed E-state index contributed by atoms with van der Waals surface area (Å²) in [6.07, 6.45) is 0. The number of sulfonamides is 1. The van der Waals surface area contributed by atoms with Gasteiger partial charge in [-0.3, -0.25) is 4.79 Å². The molecule has 0 radical (unpaired) electrons. The second kappa shape index (κ2) is 6.13. The number of amides is 1. The highest BCUT2D eigenvalue weighted by molar-refractivity contribution is 7.90. The number of hydrogen-bond donors (Lipinski definition) is 1. The van der Waals surface area contributed by atoms with E-state index in [-0.39, 0.29) is 10.7 Å². The van der Waals surface area contributed by atoms with Crippen LogP contribution in [-0.2, 0) is 10.0 Å². The number of hydrogen-bond acceptors (Lipinski definition) is 4. The van der Waals surface area contributed by atoms with E-state index in [2.05, 4.69) is 13.8 Å². The topological polar surface area (TPSA) is 76.4 Å². The Morgan fingerprint density at radius 3 is 2.42 bits per heavy atom. The number of nitrogens with one attached hydrogen (secondary N) is 1. The molecule has 0 atom stereocenters. The average molecular weight is 343 g/mol. The third-order valence-electron chi connectivity index (χ3n) is 3.72. The summed E-state index contributed by atoms with van der Waals surface area (Å²) in [5.74, 6) is -0.498. The molecule has 3 rings (SSSR count). The molecule has 124 valence electrons. The standard InChI is InChI=1S/C18H17NO4S/c1-12(2)13-8-9-14-11-17(23-16(14)10-13)18(20)19-24(21,22)15-6-4-3-5-7-15/h3-12H,1-2H3,(H,19,20). The van der Waals surface area contributed by atoms with Crippen LogP contribution in [0.2, 0.25) is 0 Å². The van der Waals surface area contributed by atoms with Crippen LogP contribution in [0.4, 0.5) is 0 Å². The molecule has 0 spiro atoms. The molecule has 1 amide bonds. The lowest BCUT2D eigenvalue weighted by atomic mass is 10.0. The molecule has 24 heavy (non-hydrogen) atoms. The van der Waals surface area contributed by atoms with Gasteiger partial charge in [0.05, 0.1) is 4.90 Å². The second-order valence-corrected chi connectivity index (χ2v) is 7.49. The normalized spacial score (nSPS) is 11.8. The zero-order valence-electron chi connectivity index (χ0n) is 13.3. The van der Waals surface area contributed by atoms with Crippen molar-refractivity contribution in [3.8, 4) is 0 Å². The monoisotopic (exact) mass is 343 g/mol. The van der Waals surface area contributed by atoms with Gasteiger partial charge < -0.3 is 4.42 Å². The second-order valence-electron chi connectivity index (χ2n) is 5.81. The van der Waals surface area contributed by atoms with Gasteiger partial charge in [0.15, 0.2) is 5.76 Å². The maximum Gasteiger partial charge on any atom is 0.300 e. The van der Waals surface area contributed by atoms with Gasteiger partial charge in [0.25, 0.3) is 10.0 Å². The predicted octanol–water partition coefficient (Wildman–Crippen LogP) is 3.67. The van der Waals surface area contributed by atoms with E-state index in [0.29, 0.717) is 11.5 Å². The van der Waals surface area contributed by atoms with E-state index < -0.39 is 15.9 Å². The highest BCUT2D eigenvalue weighted by Gasteiger charge is 2.21. The van der Waals surface area contributed by atoms with Crippen LogP contribution >= 0.6 is 0 Å². The van der Waals surface area contributed by atoms with E-state index in [0.717, 1.165) is 10.9 Å². The minimum Gasteiger partial charge on any atom is -0.451 e. The van der Waals surface area contributed by atoms with Gasteiger partial charge in [0, 0.05) is 5.39 Å². The van der Waals surface area contributed by atoms with Gasteiger partial charge in [0.2, 0.25) is 0 Å². The summed E-state index contributed by atoms with van der Waals surface area (Å²) in [4.78, 5) is 12.3. The van der Waals surface area contributed by atoms with Gasteiger partial charge in [-0.05, 0) is 35.7 Å². The van der Waals surface area contributed by atoms with Gasteiger partial charge in [-0.25, -0.2) is 13.1 Å². The van der Waals surface area contributed by atoms with Crippen molar-refractivity contribution >= 4 is 26.9 Å². The Balaban J connectivity index is 1.89. The summed E-state index contributed by atoms with van der Waals surface area (Å²) in [5.41, 5.74) is 1.64. The van der Waals surface area contributed by atoms with Crippen molar-refractivity contribution in [3.63, 3.8) is 0 Å². The molecule has 0 saturated carbocycles. The van der Waals surface area contributed by atoms with Gasteiger partial charge in [-0.15, -0.1) is 0 Å². The van der Waals surface area contributed by atoms with Gasteiger partial charge in [-0.2, -0.15) is 0 Å². The minimum absolute atomic E-state index is 0.0246. The molecule has 3 aromatic rings. The fourth-order valence-electron chi connectivity index (χ4n) is 2.35. The van der Waals surface area contributed by atoms with Crippen molar-refractivity contribution in [2.45, 2.75) is 24.7 Å². The molecule has 1 N–H and O–H groups in total. The lowest BCUT2D eigenvalue weighted by Gasteiger charge is -2.04. The molecule has 0 fully saturated rings. The maximum atomic E-state index is 12.2. The number of fused-ring (bicyclic) bond motifs is 1. The molecule has 0 aliphatic rings. The quantitative estimate of drug-likeness (QED) is 0.784. The highest BCUT2D eigenvalue weighted by atomic mass is 32.2. The van der Waals surface area contributed by atoms with Crippen molar-refractivity contribution in [1.29, 1.82) is 0 Å². The number of furan rings is 1. The predicted molar refractivity (Wildman–Crippen MR) is 91.4 cm³/mol. The van der Waals surface area contributed by atoms with Crippen molar-refractivity contribution < 1.29 is 17.6 Å². The first-order valence-electron chi connectivity index (χ1n) is 7.52. The fraction of sp³-hybridized carbons (Fsp3) is 0.167. The summed E-state index contributed by atoms with van der Waals surface area (Å²) in [6, 6.07) is 14.9. The molecule has 2 aromatic carbocycles. The third-order valence-corrected chi connectivity index (χ3v) is 5.06. The van der Waals surface area contributed by atoms with Crippen LogP contribution in [0.15, 0.2) is 63.9 Å². The lowest BCUT2D eigenvalue weighted by molar-refractivity contribution is 0.0956. The molecule has 5 nitrogen and oxygen atoms in total. The largest absolute Gasteiger partial charge is 0.451 e. The Kier molecular flexibility index (Phi) is 4.15. The number of benzene rings is 2. The van der Waals surface area contributed by atoms with E-state index in [9.17, 15) is 13.2 Å². The number of carbonyl (C=O) groups excluding carboxylic acids is 1. The Bertz CT molecular complexity index is 988. The Labute approximate surface area is 140 Å². The molecule has 1 aromatic heterocycles. The van der Waals surface area contributed by atoms with E-state index in [1.165, 1.54) is 18.2 Å². The summed E-state index contributed by atoms with van der Waals surface area (Å²) < 4.78 is 32.0. The van der Waals surface area contributed by atoms with E-state index >= 15 is 0 Å². The Hall–Kier alpha value is -2.60. The van der Waals surface area contributed by atoms with Crippen molar-refractivity contribution in [2.75, 3.05) is 0 Å². The average Bonchev–Trinajstić information content (AvgIpc) is 2.98. The highest BCUT2D eigenvalue weighted by Crippen LogP contribution is 2.24. The van der Waals surface area contributed by atoms with E-state index in [1.807, 2.05) is 22.9 Å². The molecule has 1 heterocycles. The fourth-order valence-corrected chi connectivity index (χ4v) is 3.33. The SMILES string of the molecule is CC(C)c1ccc2cc(C(=O)NS(=O)(=O)c3ccccc3)oc2c1. The summed E-state index contributed by atoms with van der Waals surface area (Å²) in [6.45, 7) is 4.12. The van der Waals surface area contributed by atoms with Crippen LogP contribution in [0.3, 0.4) is 0 Å². The lowest BCUT2D eigenvalue weighted by Crippen LogP contribution is -2.30. The zero-order valence-corrected chi connectivity index (χ0v) is 14.1. The zero-order chi connectivity index (χ0) is 17.3. The van der Waals surface area contributed by atoms with Gasteiger partial charge in [0.1, 0.15) is 5.58 Å². The summed E-state index contributed by atoms with van der Waals surface area (Å²) >= 11 is 0. The number of carbonyl (C=O) groups is 1. The van der Waals surface area contributed by atoms with Crippen LogP contribution in [-0.4, -0.2) is 14.3 Å². The third kappa shape index (κ3) is 3.19. The molecule has 0 saturated heterocycles. The molecule has 0 bridgehead atoms. The van der Waals surface area contributed by atoms with Crippen LogP contribution < -0.4 is 4.72 Å². The first kappa shape index (κ1) is 16.3. The maximum absolute atomic E-state index is 12.2. The van der Waals surface area contributed by atoms with E-state index in [4.69, 9.17) is 4.42 Å². The van der Waals surface area contributed by atoms with E-state index in [1.54, 1.807) is 18.2 Å². The first-order valence-corrected chi connectivity index (χ1v) is 9.01.